The van der Waals surface area contributed by atoms with E-state index in [4.69, 9.17) is 27.9 Å². The van der Waals surface area contributed by atoms with Gasteiger partial charge in [-0.3, -0.25) is 9.35 Å². The van der Waals surface area contributed by atoms with Crippen molar-refractivity contribution in [2.45, 2.75) is 11.8 Å². The van der Waals surface area contributed by atoms with Gasteiger partial charge in [0.05, 0.1) is 23.5 Å². The number of hydrogen-bond acceptors (Lipinski definition) is 7. The van der Waals surface area contributed by atoms with Crippen LogP contribution in [0.25, 0.3) is 10.8 Å². The SMILES string of the molecule is COc1cc(Cl)cc(NC(=O)c2cc3ccccc3c(N=Nc3ccc(S(=O)(=O)O)c(Cl)c3C)c2[O-])c1.[Na+]. The molecule has 0 unspecified atom stereocenters. The fraction of sp³-hybridized carbons (Fsp3) is 0.0800. The molecule has 0 radical (unpaired) electrons. The van der Waals surface area contributed by atoms with Gasteiger partial charge in [-0.15, -0.1) is 0 Å². The number of nitrogens with zero attached hydrogens (tertiary/aromatic N) is 2. The van der Waals surface area contributed by atoms with Gasteiger partial charge in [-0.1, -0.05) is 53.2 Å². The van der Waals surface area contributed by atoms with Crippen molar-refractivity contribution in [3.8, 4) is 11.5 Å². The van der Waals surface area contributed by atoms with Crippen molar-refractivity contribution in [3.05, 3.63) is 81.8 Å². The minimum absolute atomic E-state index is 0. The third kappa shape index (κ3) is 6.29. The fourth-order valence-corrected chi connectivity index (χ4v) is 4.89. The van der Waals surface area contributed by atoms with Crippen molar-refractivity contribution in [1.82, 2.24) is 0 Å². The van der Waals surface area contributed by atoms with Crippen LogP contribution in [-0.2, 0) is 10.1 Å². The van der Waals surface area contributed by atoms with Crippen LogP contribution >= 0.6 is 23.2 Å². The molecule has 4 aromatic rings. The van der Waals surface area contributed by atoms with Gasteiger partial charge in [-0.2, -0.15) is 18.6 Å². The number of benzene rings is 4. The molecule has 38 heavy (non-hydrogen) atoms. The van der Waals surface area contributed by atoms with Gasteiger partial charge in [0.25, 0.3) is 16.0 Å². The number of anilines is 1. The Kier molecular flexibility index (Phi) is 9.43. The Morgan fingerprint density at radius 3 is 2.45 bits per heavy atom. The predicted octanol–water partition coefficient (Wildman–Crippen LogP) is 3.46. The Morgan fingerprint density at radius 1 is 1.05 bits per heavy atom. The third-order valence-electron chi connectivity index (χ3n) is 5.44. The molecule has 0 atom stereocenters. The fourth-order valence-electron chi connectivity index (χ4n) is 3.59. The summed E-state index contributed by atoms with van der Waals surface area (Å²) in [6.45, 7) is 1.49. The molecule has 0 aromatic heterocycles. The normalized spacial score (nSPS) is 11.4. The number of methoxy groups -OCH3 is 1. The van der Waals surface area contributed by atoms with Crippen LogP contribution in [0.1, 0.15) is 15.9 Å². The first-order valence-corrected chi connectivity index (χ1v) is 12.8. The van der Waals surface area contributed by atoms with Gasteiger partial charge < -0.3 is 15.2 Å². The topological polar surface area (TPSA) is 140 Å². The molecule has 0 aliphatic heterocycles. The molecular formula is C25H18Cl2N3NaO6S. The Bertz CT molecular complexity index is 1700. The number of amides is 1. The quantitative estimate of drug-likeness (QED) is 0.203. The Hall–Kier alpha value is -2.70. The molecule has 0 aliphatic carbocycles. The molecule has 4 aromatic carbocycles. The minimum atomic E-state index is -4.54. The molecule has 0 saturated heterocycles. The monoisotopic (exact) mass is 581 g/mol. The summed E-state index contributed by atoms with van der Waals surface area (Å²) in [5, 5.41) is 25.3. The number of ether oxygens (including phenoxy) is 1. The molecule has 0 saturated carbocycles. The zero-order valence-electron chi connectivity index (χ0n) is 20.3. The van der Waals surface area contributed by atoms with E-state index in [0.29, 0.717) is 27.2 Å². The van der Waals surface area contributed by atoms with E-state index in [1.807, 2.05) is 0 Å². The number of rotatable bonds is 6. The smallest absolute Gasteiger partial charge is 0.870 e. The maximum atomic E-state index is 13.4. The van der Waals surface area contributed by atoms with E-state index in [0.717, 1.165) is 6.07 Å². The van der Waals surface area contributed by atoms with Gasteiger partial charge in [-0.25, -0.2) is 0 Å². The largest absolute Gasteiger partial charge is 1.00 e. The molecule has 4 rings (SSSR count). The van der Waals surface area contributed by atoms with Crippen LogP contribution < -0.4 is 44.7 Å². The second-order valence-electron chi connectivity index (χ2n) is 7.85. The summed E-state index contributed by atoms with van der Waals surface area (Å²) >= 11 is 12.2. The van der Waals surface area contributed by atoms with Crippen molar-refractivity contribution >= 4 is 67.1 Å². The number of carbonyl (C=O) groups is 1. The molecule has 1 amide bonds. The summed E-state index contributed by atoms with van der Waals surface area (Å²) in [6.07, 6.45) is 0. The Balaban J connectivity index is 0.00000400. The summed E-state index contributed by atoms with van der Waals surface area (Å²) in [7, 11) is -3.08. The minimum Gasteiger partial charge on any atom is -0.870 e. The number of carbonyl (C=O) groups excluding carboxylic acids is 1. The van der Waals surface area contributed by atoms with Gasteiger partial charge in [0.2, 0.25) is 0 Å². The average molecular weight is 582 g/mol. The second kappa shape index (κ2) is 12.0. The van der Waals surface area contributed by atoms with Crippen molar-refractivity contribution in [1.29, 1.82) is 0 Å². The number of halogens is 2. The molecule has 9 nitrogen and oxygen atoms in total. The molecule has 0 aliphatic rings. The number of nitrogens with one attached hydrogen (secondary N) is 1. The first kappa shape index (κ1) is 29.9. The van der Waals surface area contributed by atoms with E-state index >= 15 is 0 Å². The summed E-state index contributed by atoms with van der Waals surface area (Å²) in [5.41, 5.74) is 0.446. The van der Waals surface area contributed by atoms with Crippen molar-refractivity contribution in [2.75, 3.05) is 12.4 Å². The molecular weight excluding hydrogens is 564 g/mol. The zero-order chi connectivity index (χ0) is 26.9. The van der Waals surface area contributed by atoms with E-state index in [1.165, 1.54) is 32.2 Å². The van der Waals surface area contributed by atoms with E-state index < -0.39 is 26.7 Å². The van der Waals surface area contributed by atoms with Gasteiger partial charge in [-0.05, 0) is 48.2 Å². The van der Waals surface area contributed by atoms with E-state index in [2.05, 4.69) is 15.5 Å². The van der Waals surface area contributed by atoms with Crippen molar-refractivity contribution < 1.29 is 57.2 Å². The summed E-state index contributed by atoms with van der Waals surface area (Å²) in [4.78, 5) is 12.6. The summed E-state index contributed by atoms with van der Waals surface area (Å²) in [5.74, 6) is -0.937. The molecule has 0 bridgehead atoms. The second-order valence-corrected chi connectivity index (χ2v) is 10.1. The van der Waals surface area contributed by atoms with Crippen LogP contribution in [0.3, 0.4) is 0 Å². The van der Waals surface area contributed by atoms with Gasteiger partial charge >= 0.3 is 29.6 Å². The molecule has 190 valence electrons. The third-order valence-corrected chi connectivity index (χ3v) is 7.16. The van der Waals surface area contributed by atoms with E-state index in [9.17, 15) is 22.9 Å². The first-order valence-electron chi connectivity index (χ1n) is 10.6. The van der Waals surface area contributed by atoms with Crippen LogP contribution in [0, 0.1) is 6.92 Å². The molecule has 13 heteroatoms. The molecule has 0 spiro atoms. The average Bonchev–Trinajstić information content (AvgIpc) is 2.84. The maximum Gasteiger partial charge on any atom is 1.00 e. The first-order chi connectivity index (χ1) is 17.5. The summed E-state index contributed by atoms with van der Waals surface area (Å²) < 4.78 is 37.5. The van der Waals surface area contributed by atoms with Crippen LogP contribution in [-0.4, -0.2) is 26.0 Å². The van der Waals surface area contributed by atoms with Crippen LogP contribution in [0.4, 0.5) is 17.1 Å². The Labute approximate surface area is 250 Å². The van der Waals surface area contributed by atoms with Gasteiger partial charge in [0.1, 0.15) is 10.6 Å². The van der Waals surface area contributed by atoms with E-state index in [1.54, 1.807) is 36.4 Å². The van der Waals surface area contributed by atoms with E-state index in [-0.39, 0.29) is 57.1 Å². The zero-order valence-corrected chi connectivity index (χ0v) is 24.6. The molecule has 0 fully saturated rings. The standard InChI is InChI=1S/C25H19Cl2N3O6S.Na/c1-13-20(7-8-21(22(13)27)37(33,34)35)29-30-23-18-6-4-3-5-14(18)9-19(24(23)31)25(32)28-16-10-15(26)11-17(12-16)36-2;/h3-12,31H,1-2H3,(H,28,32)(H,33,34,35);/q;+1/p-1. The molecule has 0 heterocycles. The van der Waals surface area contributed by atoms with Crippen LogP contribution in [0.2, 0.25) is 10.0 Å². The van der Waals surface area contributed by atoms with Crippen LogP contribution in [0.15, 0.2) is 75.8 Å². The maximum absolute atomic E-state index is 13.4. The number of fused-ring (bicyclic) bond motifs is 1. The van der Waals surface area contributed by atoms with Gasteiger partial charge in [0.15, 0.2) is 0 Å². The Morgan fingerprint density at radius 2 is 1.76 bits per heavy atom. The summed E-state index contributed by atoms with van der Waals surface area (Å²) in [6, 6.07) is 15.3. The number of hydrogen-bond donors (Lipinski definition) is 2. The predicted molar refractivity (Wildman–Crippen MR) is 140 cm³/mol. The number of azo groups is 1. The van der Waals surface area contributed by atoms with Crippen molar-refractivity contribution in [2.24, 2.45) is 10.2 Å². The van der Waals surface area contributed by atoms with Crippen molar-refractivity contribution in [3.63, 3.8) is 0 Å². The van der Waals surface area contributed by atoms with Crippen LogP contribution in [0.5, 0.6) is 11.5 Å². The van der Waals surface area contributed by atoms with Gasteiger partial charge in [0, 0.05) is 27.7 Å². The molecule has 2 N–H and O–H groups in total.